The molecule has 0 aromatic heterocycles. The van der Waals surface area contributed by atoms with E-state index in [0.29, 0.717) is 17.5 Å². The molecule has 3 rings (SSSR count). The Hall–Kier alpha value is -2.95. The van der Waals surface area contributed by atoms with Crippen LogP contribution in [0.4, 0.5) is 0 Å². The molecule has 0 bridgehead atoms. The minimum absolute atomic E-state index is 0.0778. The molecule has 134 valence electrons. The molecule has 1 aliphatic rings. The summed E-state index contributed by atoms with van der Waals surface area (Å²) in [6, 6.07) is 14.9. The van der Waals surface area contributed by atoms with Crippen LogP contribution >= 0.6 is 0 Å². The van der Waals surface area contributed by atoms with Crippen LogP contribution in [0, 0.1) is 6.92 Å². The number of fused-ring (bicyclic) bond motifs is 1. The highest BCUT2D eigenvalue weighted by atomic mass is 16.2. The number of benzene rings is 2. The SMILES string of the molecule is Cc1ccc2c(c1)C(=O)N(CCCC(=O)N[C@H](C)c1ccccc1)C2=O. The molecule has 0 radical (unpaired) electrons. The van der Waals surface area contributed by atoms with E-state index in [1.54, 1.807) is 12.1 Å². The van der Waals surface area contributed by atoms with Gasteiger partial charge in [0.1, 0.15) is 0 Å². The number of carbonyl (C=O) groups excluding carboxylic acids is 3. The Morgan fingerprint density at radius 2 is 1.73 bits per heavy atom. The second kappa shape index (κ2) is 7.52. The summed E-state index contributed by atoms with van der Waals surface area (Å²) in [5.74, 6) is -0.636. The van der Waals surface area contributed by atoms with Crippen LogP contribution in [0.2, 0.25) is 0 Å². The molecule has 2 aromatic rings. The van der Waals surface area contributed by atoms with Crippen LogP contribution in [-0.4, -0.2) is 29.2 Å². The minimum atomic E-state index is -0.275. The maximum atomic E-state index is 12.4. The summed E-state index contributed by atoms with van der Waals surface area (Å²) in [5, 5.41) is 2.94. The first-order valence-corrected chi connectivity index (χ1v) is 8.78. The fourth-order valence-corrected chi connectivity index (χ4v) is 3.14. The van der Waals surface area contributed by atoms with Gasteiger partial charge in [-0.2, -0.15) is 0 Å². The molecule has 5 nitrogen and oxygen atoms in total. The number of amides is 3. The highest BCUT2D eigenvalue weighted by Crippen LogP contribution is 2.24. The Morgan fingerprint density at radius 3 is 2.46 bits per heavy atom. The average molecular weight is 350 g/mol. The van der Waals surface area contributed by atoms with Crippen LogP contribution in [-0.2, 0) is 4.79 Å². The van der Waals surface area contributed by atoms with Crippen LogP contribution in [0.3, 0.4) is 0 Å². The van der Waals surface area contributed by atoms with Crippen molar-refractivity contribution < 1.29 is 14.4 Å². The molecular formula is C21H22N2O3. The van der Waals surface area contributed by atoms with Crippen molar-refractivity contribution in [3.05, 3.63) is 70.8 Å². The van der Waals surface area contributed by atoms with E-state index in [1.807, 2.05) is 50.2 Å². The number of rotatable bonds is 6. The Labute approximate surface area is 153 Å². The molecule has 0 spiro atoms. The van der Waals surface area contributed by atoms with Gasteiger partial charge in [-0.25, -0.2) is 0 Å². The molecule has 1 atom stereocenters. The molecule has 1 N–H and O–H groups in total. The van der Waals surface area contributed by atoms with Crippen molar-refractivity contribution in [3.63, 3.8) is 0 Å². The molecule has 2 aromatic carbocycles. The van der Waals surface area contributed by atoms with Crippen molar-refractivity contribution in [1.82, 2.24) is 10.2 Å². The van der Waals surface area contributed by atoms with Gasteiger partial charge in [-0.3, -0.25) is 19.3 Å². The van der Waals surface area contributed by atoms with Gasteiger partial charge in [-0.1, -0.05) is 42.0 Å². The van der Waals surface area contributed by atoms with Crippen LogP contribution in [0.15, 0.2) is 48.5 Å². The number of imide groups is 1. The van der Waals surface area contributed by atoms with E-state index in [1.165, 1.54) is 4.90 Å². The molecule has 0 unspecified atom stereocenters. The van der Waals surface area contributed by atoms with Gasteiger partial charge in [0, 0.05) is 13.0 Å². The Kier molecular flexibility index (Phi) is 5.16. The number of hydrogen-bond acceptors (Lipinski definition) is 3. The number of aryl methyl sites for hydroxylation is 1. The van der Waals surface area contributed by atoms with Crippen LogP contribution in [0.5, 0.6) is 0 Å². The summed E-state index contributed by atoms with van der Waals surface area (Å²) >= 11 is 0. The fraction of sp³-hybridized carbons (Fsp3) is 0.286. The summed E-state index contributed by atoms with van der Waals surface area (Å²) in [4.78, 5) is 38.1. The van der Waals surface area contributed by atoms with Crippen molar-refractivity contribution in [2.75, 3.05) is 6.54 Å². The third kappa shape index (κ3) is 3.67. The van der Waals surface area contributed by atoms with Gasteiger partial charge in [0.25, 0.3) is 11.8 Å². The topological polar surface area (TPSA) is 66.5 Å². The number of carbonyl (C=O) groups is 3. The van der Waals surface area contributed by atoms with Crippen molar-refractivity contribution in [2.45, 2.75) is 32.7 Å². The number of nitrogens with zero attached hydrogens (tertiary/aromatic N) is 1. The number of nitrogens with one attached hydrogen (secondary N) is 1. The standard InChI is InChI=1S/C21H22N2O3/c1-14-10-11-17-18(13-14)21(26)23(20(17)25)12-6-9-19(24)22-15(2)16-7-4-3-5-8-16/h3-5,7-8,10-11,13,15H,6,9,12H2,1-2H3,(H,22,24)/t15-/m1/s1. The Bertz CT molecular complexity index is 846. The normalized spacial score (nSPS) is 14.3. The van der Waals surface area contributed by atoms with Gasteiger partial charge in [-0.15, -0.1) is 0 Å². The molecular weight excluding hydrogens is 328 g/mol. The van der Waals surface area contributed by atoms with Crippen molar-refractivity contribution >= 4 is 17.7 Å². The molecule has 3 amide bonds. The molecule has 1 heterocycles. The fourth-order valence-electron chi connectivity index (χ4n) is 3.14. The maximum absolute atomic E-state index is 12.4. The van der Waals surface area contributed by atoms with E-state index >= 15 is 0 Å². The summed E-state index contributed by atoms with van der Waals surface area (Å²) in [6.45, 7) is 4.07. The summed E-state index contributed by atoms with van der Waals surface area (Å²) in [6.07, 6.45) is 0.710. The van der Waals surface area contributed by atoms with Crippen molar-refractivity contribution in [3.8, 4) is 0 Å². The van der Waals surface area contributed by atoms with Gasteiger partial charge in [0.15, 0.2) is 0 Å². The molecule has 1 aliphatic heterocycles. The number of hydrogen-bond donors (Lipinski definition) is 1. The maximum Gasteiger partial charge on any atom is 0.261 e. The van der Waals surface area contributed by atoms with E-state index in [0.717, 1.165) is 11.1 Å². The Balaban J connectivity index is 1.52. The zero-order valence-electron chi connectivity index (χ0n) is 15.0. The lowest BCUT2D eigenvalue weighted by Gasteiger charge is -2.16. The molecule has 0 saturated heterocycles. The van der Waals surface area contributed by atoms with Gasteiger partial charge in [0.05, 0.1) is 17.2 Å². The molecule has 0 saturated carbocycles. The quantitative estimate of drug-likeness (QED) is 0.813. The van der Waals surface area contributed by atoms with Crippen molar-refractivity contribution in [2.24, 2.45) is 0 Å². The Morgan fingerprint density at radius 1 is 1.04 bits per heavy atom. The van der Waals surface area contributed by atoms with Crippen LogP contribution in [0.25, 0.3) is 0 Å². The highest BCUT2D eigenvalue weighted by molar-refractivity contribution is 6.21. The average Bonchev–Trinajstić information content (AvgIpc) is 2.86. The van der Waals surface area contributed by atoms with Gasteiger partial charge in [0.2, 0.25) is 5.91 Å². The zero-order valence-corrected chi connectivity index (χ0v) is 15.0. The van der Waals surface area contributed by atoms with Crippen LogP contribution in [0.1, 0.15) is 57.7 Å². The zero-order chi connectivity index (χ0) is 18.7. The van der Waals surface area contributed by atoms with Gasteiger partial charge in [-0.05, 0) is 38.0 Å². The minimum Gasteiger partial charge on any atom is -0.350 e. The highest BCUT2D eigenvalue weighted by Gasteiger charge is 2.34. The molecule has 5 heteroatoms. The second-order valence-electron chi connectivity index (χ2n) is 6.61. The van der Waals surface area contributed by atoms with E-state index in [4.69, 9.17) is 0 Å². The largest absolute Gasteiger partial charge is 0.350 e. The first-order valence-electron chi connectivity index (χ1n) is 8.78. The molecule has 0 aliphatic carbocycles. The second-order valence-corrected chi connectivity index (χ2v) is 6.61. The predicted octanol–water partition coefficient (Wildman–Crippen LogP) is 3.25. The lowest BCUT2D eigenvalue weighted by atomic mass is 10.1. The van der Waals surface area contributed by atoms with Gasteiger partial charge >= 0.3 is 0 Å². The first kappa shape index (κ1) is 17.9. The monoisotopic (exact) mass is 350 g/mol. The van der Waals surface area contributed by atoms with E-state index in [-0.39, 0.29) is 36.7 Å². The summed E-state index contributed by atoms with van der Waals surface area (Å²) < 4.78 is 0. The summed E-state index contributed by atoms with van der Waals surface area (Å²) in [5.41, 5.74) is 2.89. The third-order valence-corrected chi connectivity index (χ3v) is 4.59. The van der Waals surface area contributed by atoms with E-state index < -0.39 is 0 Å². The third-order valence-electron chi connectivity index (χ3n) is 4.59. The molecule has 0 fully saturated rings. The predicted molar refractivity (Wildman–Crippen MR) is 98.8 cm³/mol. The molecule has 26 heavy (non-hydrogen) atoms. The van der Waals surface area contributed by atoms with E-state index in [9.17, 15) is 14.4 Å². The van der Waals surface area contributed by atoms with Crippen molar-refractivity contribution in [1.29, 1.82) is 0 Å². The van der Waals surface area contributed by atoms with Gasteiger partial charge < -0.3 is 5.32 Å². The summed E-state index contributed by atoms with van der Waals surface area (Å²) in [7, 11) is 0. The first-order chi connectivity index (χ1) is 12.5. The smallest absolute Gasteiger partial charge is 0.261 e. The lowest BCUT2D eigenvalue weighted by Crippen LogP contribution is -2.32. The van der Waals surface area contributed by atoms with E-state index in [2.05, 4.69) is 5.32 Å². The van der Waals surface area contributed by atoms with Crippen LogP contribution < -0.4 is 5.32 Å². The lowest BCUT2D eigenvalue weighted by molar-refractivity contribution is -0.121.